The van der Waals surface area contributed by atoms with Gasteiger partial charge in [0.2, 0.25) is 5.91 Å². The fourth-order valence-electron chi connectivity index (χ4n) is 1.79. The van der Waals surface area contributed by atoms with Crippen molar-refractivity contribution in [3.63, 3.8) is 0 Å². The number of nitrogens with one attached hydrogen (secondary N) is 1. The number of thioether (sulfide) groups is 1. The van der Waals surface area contributed by atoms with Crippen molar-refractivity contribution in [2.75, 3.05) is 12.8 Å². The first-order valence-electron chi connectivity index (χ1n) is 6.30. The maximum absolute atomic E-state index is 11.7. The number of hydrogen-bond acceptors (Lipinski definition) is 4. The van der Waals surface area contributed by atoms with E-state index in [1.54, 1.807) is 23.1 Å². The average molecular weight is 307 g/mol. The third-order valence-corrected chi connectivity index (χ3v) is 4.53. The first-order valence-corrected chi connectivity index (χ1v) is 8.40. The zero-order valence-electron chi connectivity index (χ0n) is 11.2. The lowest BCUT2D eigenvalue weighted by molar-refractivity contribution is -0.120. The number of rotatable bonds is 6. The van der Waals surface area contributed by atoms with E-state index in [0.717, 1.165) is 15.3 Å². The highest BCUT2D eigenvalue weighted by Crippen LogP contribution is 2.18. The zero-order valence-corrected chi connectivity index (χ0v) is 12.8. The summed E-state index contributed by atoms with van der Waals surface area (Å²) < 4.78 is 0. The molecule has 0 spiro atoms. The molecule has 0 aliphatic rings. The van der Waals surface area contributed by atoms with Gasteiger partial charge in [0.05, 0.1) is 12.5 Å². The standard InChI is InChI=1S/C15H17NO2S2/c1-19-12-6-4-11(5-7-12)14(17)10-16-15(18)9-13-3-2-8-20-13/h2-8,14,17H,9-10H2,1H3,(H,16,18)/t14-/m0/s1. The molecular formula is C15H17NO2S2. The molecule has 106 valence electrons. The minimum Gasteiger partial charge on any atom is -0.387 e. The third-order valence-electron chi connectivity index (χ3n) is 2.91. The van der Waals surface area contributed by atoms with Crippen LogP contribution < -0.4 is 5.32 Å². The molecule has 0 bridgehead atoms. The SMILES string of the molecule is CSc1ccc([C@@H](O)CNC(=O)Cc2cccs2)cc1. The van der Waals surface area contributed by atoms with Crippen LogP contribution in [-0.4, -0.2) is 23.8 Å². The van der Waals surface area contributed by atoms with Crippen LogP contribution in [0.4, 0.5) is 0 Å². The van der Waals surface area contributed by atoms with Gasteiger partial charge in [0.25, 0.3) is 0 Å². The van der Waals surface area contributed by atoms with Gasteiger partial charge < -0.3 is 10.4 Å². The van der Waals surface area contributed by atoms with Crippen LogP contribution in [0.2, 0.25) is 0 Å². The highest BCUT2D eigenvalue weighted by molar-refractivity contribution is 7.98. The van der Waals surface area contributed by atoms with Crippen molar-refractivity contribution in [2.45, 2.75) is 17.4 Å². The van der Waals surface area contributed by atoms with Crippen LogP contribution in [0.5, 0.6) is 0 Å². The van der Waals surface area contributed by atoms with E-state index < -0.39 is 6.10 Å². The van der Waals surface area contributed by atoms with Crippen molar-refractivity contribution < 1.29 is 9.90 Å². The maximum Gasteiger partial charge on any atom is 0.225 e. The summed E-state index contributed by atoms with van der Waals surface area (Å²) in [6.45, 7) is 0.239. The lowest BCUT2D eigenvalue weighted by Gasteiger charge is -2.12. The first-order chi connectivity index (χ1) is 9.69. The molecule has 1 amide bonds. The Labute approximate surface area is 127 Å². The van der Waals surface area contributed by atoms with Crippen LogP contribution in [0.15, 0.2) is 46.7 Å². The van der Waals surface area contributed by atoms with Crippen molar-refractivity contribution in [3.8, 4) is 0 Å². The second-order valence-corrected chi connectivity index (χ2v) is 6.26. The highest BCUT2D eigenvalue weighted by atomic mass is 32.2. The maximum atomic E-state index is 11.7. The quantitative estimate of drug-likeness (QED) is 0.807. The average Bonchev–Trinajstić information content (AvgIpc) is 2.97. The molecule has 0 saturated heterocycles. The summed E-state index contributed by atoms with van der Waals surface area (Å²) in [4.78, 5) is 13.9. The summed E-state index contributed by atoms with van der Waals surface area (Å²) in [6, 6.07) is 11.6. The number of hydrogen-bond donors (Lipinski definition) is 2. The molecule has 3 nitrogen and oxygen atoms in total. The Bertz CT molecular complexity index is 538. The number of carbonyl (C=O) groups is 1. The number of benzene rings is 1. The summed E-state index contributed by atoms with van der Waals surface area (Å²) in [5, 5.41) is 14.7. The van der Waals surface area contributed by atoms with E-state index in [0.29, 0.717) is 6.42 Å². The number of aliphatic hydroxyl groups is 1. The molecule has 5 heteroatoms. The Morgan fingerprint density at radius 3 is 2.70 bits per heavy atom. The van der Waals surface area contributed by atoms with Crippen LogP contribution in [-0.2, 0) is 11.2 Å². The normalized spacial score (nSPS) is 12.1. The van der Waals surface area contributed by atoms with Gasteiger partial charge >= 0.3 is 0 Å². The van der Waals surface area contributed by atoms with E-state index in [1.807, 2.05) is 48.0 Å². The molecule has 0 unspecified atom stereocenters. The molecule has 0 aliphatic heterocycles. The monoisotopic (exact) mass is 307 g/mol. The van der Waals surface area contributed by atoms with E-state index in [1.165, 1.54) is 0 Å². The van der Waals surface area contributed by atoms with Gasteiger partial charge in [-0.15, -0.1) is 23.1 Å². The van der Waals surface area contributed by atoms with E-state index >= 15 is 0 Å². The van der Waals surface area contributed by atoms with Gasteiger partial charge in [-0.25, -0.2) is 0 Å². The summed E-state index contributed by atoms with van der Waals surface area (Å²) in [5.74, 6) is -0.0627. The van der Waals surface area contributed by atoms with E-state index in [9.17, 15) is 9.90 Å². The summed E-state index contributed by atoms with van der Waals surface area (Å²) in [5.41, 5.74) is 0.819. The minimum absolute atomic E-state index is 0.0627. The molecule has 1 atom stereocenters. The van der Waals surface area contributed by atoms with Gasteiger partial charge in [0.15, 0.2) is 0 Å². The van der Waals surface area contributed by atoms with Crippen LogP contribution in [0, 0.1) is 0 Å². The van der Waals surface area contributed by atoms with E-state index in [-0.39, 0.29) is 12.5 Å². The lowest BCUT2D eigenvalue weighted by Crippen LogP contribution is -2.29. The van der Waals surface area contributed by atoms with Crippen molar-refractivity contribution >= 4 is 29.0 Å². The second-order valence-electron chi connectivity index (χ2n) is 4.35. The summed E-state index contributed by atoms with van der Waals surface area (Å²) in [6.07, 6.45) is 1.71. The Morgan fingerprint density at radius 2 is 2.10 bits per heavy atom. The second kappa shape index (κ2) is 7.47. The highest BCUT2D eigenvalue weighted by Gasteiger charge is 2.10. The smallest absolute Gasteiger partial charge is 0.225 e. The Hall–Kier alpha value is -1.30. The Balaban J connectivity index is 1.81. The van der Waals surface area contributed by atoms with Crippen molar-refractivity contribution in [2.24, 2.45) is 0 Å². The fraction of sp³-hybridized carbons (Fsp3) is 0.267. The summed E-state index contributed by atoms with van der Waals surface area (Å²) >= 11 is 3.22. The molecule has 0 aliphatic carbocycles. The van der Waals surface area contributed by atoms with Crippen molar-refractivity contribution in [1.82, 2.24) is 5.32 Å². The van der Waals surface area contributed by atoms with Gasteiger partial charge in [0.1, 0.15) is 0 Å². The fourth-order valence-corrected chi connectivity index (χ4v) is 2.90. The van der Waals surface area contributed by atoms with Crippen molar-refractivity contribution in [1.29, 1.82) is 0 Å². The Morgan fingerprint density at radius 1 is 1.35 bits per heavy atom. The largest absolute Gasteiger partial charge is 0.387 e. The number of amides is 1. The van der Waals surface area contributed by atoms with Crippen LogP contribution >= 0.6 is 23.1 Å². The molecule has 0 saturated carbocycles. The molecule has 0 fully saturated rings. The molecule has 1 aromatic carbocycles. The molecule has 20 heavy (non-hydrogen) atoms. The Kier molecular flexibility index (Phi) is 5.64. The van der Waals surface area contributed by atoms with Gasteiger partial charge in [0, 0.05) is 16.3 Å². The topological polar surface area (TPSA) is 49.3 Å². The number of aliphatic hydroxyl groups excluding tert-OH is 1. The van der Waals surface area contributed by atoms with Gasteiger partial charge in [-0.2, -0.15) is 0 Å². The molecule has 2 rings (SSSR count). The molecule has 1 aromatic heterocycles. The predicted octanol–water partition coefficient (Wildman–Crippen LogP) is 2.86. The number of carbonyl (C=O) groups excluding carboxylic acids is 1. The third kappa shape index (κ3) is 4.37. The predicted molar refractivity (Wildman–Crippen MR) is 84.2 cm³/mol. The van der Waals surface area contributed by atoms with Crippen LogP contribution in [0.3, 0.4) is 0 Å². The van der Waals surface area contributed by atoms with Crippen LogP contribution in [0.1, 0.15) is 16.5 Å². The summed E-state index contributed by atoms with van der Waals surface area (Å²) in [7, 11) is 0. The van der Waals surface area contributed by atoms with E-state index in [2.05, 4.69) is 5.32 Å². The molecule has 2 aromatic rings. The van der Waals surface area contributed by atoms with Gasteiger partial charge in [-0.05, 0) is 35.4 Å². The van der Waals surface area contributed by atoms with Gasteiger partial charge in [-0.1, -0.05) is 18.2 Å². The van der Waals surface area contributed by atoms with Crippen molar-refractivity contribution in [3.05, 3.63) is 52.2 Å². The first kappa shape index (κ1) is 15.1. The molecular weight excluding hydrogens is 290 g/mol. The van der Waals surface area contributed by atoms with Crippen LogP contribution in [0.25, 0.3) is 0 Å². The zero-order chi connectivity index (χ0) is 14.4. The number of thiophene rings is 1. The van der Waals surface area contributed by atoms with E-state index in [4.69, 9.17) is 0 Å². The minimum atomic E-state index is -0.668. The molecule has 1 heterocycles. The molecule has 2 N–H and O–H groups in total. The lowest BCUT2D eigenvalue weighted by atomic mass is 10.1. The molecule has 0 radical (unpaired) electrons. The van der Waals surface area contributed by atoms with Gasteiger partial charge in [-0.3, -0.25) is 4.79 Å².